The first-order valence-corrected chi connectivity index (χ1v) is 8.93. The van der Waals surface area contributed by atoms with Crippen molar-refractivity contribution in [2.45, 2.75) is 38.3 Å². The van der Waals surface area contributed by atoms with E-state index in [1.54, 1.807) is 13.3 Å². The molecule has 0 aliphatic heterocycles. The molecule has 1 fully saturated rings. The largest absolute Gasteiger partial charge is 0.463 e. The molecule has 0 radical (unpaired) electrons. The van der Waals surface area contributed by atoms with Gasteiger partial charge in [-0.15, -0.1) is 0 Å². The van der Waals surface area contributed by atoms with Crippen LogP contribution in [0.25, 0.3) is 11.5 Å². The Bertz CT molecular complexity index is 683. The quantitative estimate of drug-likeness (QED) is 0.529. The van der Waals surface area contributed by atoms with Crippen molar-refractivity contribution in [3.05, 3.63) is 24.0 Å². The van der Waals surface area contributed by atoms with Crippen molar-refractivity contribution < 1.29 is 4.42 Å². The Kier molecular flexibility index (Phi) is 5.88. The zero-order chi connectivity index (χ0) is 17.6. The lowest BCUT2D eigenvalue weighted by Gasteiger charge is -2.26. The van der Waals surface area contributed by atoms with Crippen LogP contribution in [0.3, 0.4) is 0 Å². The van der Waals surface area contributed by atoms with Gasteiger partial charge in [-0.1, -0.05) is 0 Å². The molecule has 1 saturated carbocycles. The van der Waals surface area contributed by atoms with E-state index in [0.29, 0.717) is 18.6 Å². The Morgan fingerprint density at radius 1 is 1.40 bits per heavy atom. The summed E-state index contributed by atoms with van der Waals surface area (Å²) in [6, 6.07) is 4.17. The van der Waals surface area contributed by atoms with Crippen LogP contribution in [0.15, 0.2) is 27.8 Å². The van der Waals surface area contributed by atoms with Gasteiger partial charge in [-0.05, 0) is 50.8 Å². The molecule has 1 aliphatic carbocycles. The molecule has 0 saturated heterocycles. The molecule has 2 heterocycles. The summed E-state index contributed by atoms with van der Waals surface area (Å²) in [7, 11) is 3.69. The van der Waals surface area contributed by atoms with Gasteiger partial charge in [-0.3, -0.25) is 4.99 Å². The number of aromatic nitrogens is 2. The van der Waals surface area contributed by atoms with Crippen molar-refractivity contribution in [1.29, 1.82) is 0 Å². The zero-order valence-corrected chi connectivity index (χ0v) is 15.0. The van der Waals surface area contributed by atoms with E-state index in [1.165, 1.54) is 0 Å². The van der Waals surface area contributed by atoms with Crippen LogP contribution in [0.1, 0.15) is 31.2 Å². The predicted molar refractivity (Wildman–Crippen MR) is 101 cm³/mol. The minimum Gasteiger partial charge on any atom is -0.463 e. The molecule has 0 atom stereocenters. The number of aliphatic imine (C=N–C) groups is 1. The number of hydrogen-bond acceptors (Lipinski definition) is 6. The first-order valence-electron chi connectivity index (χ1n) is 8.93. The molecule has 0 amide bonds. The van der Waals surface area contributed by atoms with Gasteiger partial charge in [0, 0.05) is 25.8 Å². The molecule has 0 bridgehead atoms. The molecule has 25 heavy (non-hydrogen) atoms. The van der Waals surface area contributed by atoms with Crippen LogP contribution < -0.4 is 16.4 Å². The fourth-order valence-electron chi connectivity index (χ4n) is 3.43. The number of nitrogens with two attached hydrogens (primary N) is 1. The molecule has 2 aromatic rings. The lowest BCUT2D eigenvalue weighted by molar-refractivity contribution is 0.287. The van der Waals surface area contributed by atoms with E-state index in [0.717, 1.165) is 55.1 Å². The maximum atomic E-state index is 6.05. The van der Waals surface area contributed by atoms with Crippen LogP contribution in [0.2, 0.25) is 0 Å². The van der Waals surface area contributed by atoms with Crippen molar-refractivity contribution >= 4 is 12.0 Å². The van der Waals surface area contributed by atoms with Crippen LogP contribution in [0, 0.1) is 5.92 Å². The highest BCUT2D eigenvalue weighted by molar-refractivity contribution is 5.94. The van der Waals surface area contributed by atoms with Crippen molar-refractivity contribution in [2.24, 2.45) is 16.6 Å². The van der Waals surface area contributed by atoms with E-state index in [2.05, 4.69) is 20.3 Å². The van der Waals surface area contributed by atoms with Crippen LogP contribution in [-0.4, -0.2) is 42.8 Å². The van der Waals surface area contributed by atoms with Crippen molar-refractivity contribution in [3.63, 3.8) is 0 Å². The zero-order valence-electron chi connectivity index (χ0n) is 15.0. The summed E-state index contributed by atoms with van der Waals surface area (Å²) in [6.45, 7) is 1.54. The first-order chi connectivity index (χ1) is 12.2. The third kappa shape index (κ3) is 4.11. The molecule has 4 N–H and O–H groups in total. The Balaban J connectivity index is 1.93. The molecule has 7 nitrogen and oxygen atoms in total. The molecule has 1 aliphatic rings. The number of rotatable bonds is 7. The lowest BCUT2D eigenvalue weighted by Crippen LogP contribution is -2.29. The van der Waals surface area contributed by atoms with Crippen molar-refractivity contribution in [3.8, 4) is 11.5 Å². The summed E-state index contributed by atoms with van der Waals surface area (Å²) in [5, 5.41) is 11.4. The summed E-state index contributed by atoms with van der Waals surface area (Å²) in [5.41, 5.74) is 7.82. The Hall–Kier alpha value is -2.12. The summed E-state index contributed by atoms with van der Waals surface area (Å²) in [4.78, 5) is 4.22. The topological polar surface area (TPSA) is 93.4 Å². The van der Waals surface area contributed by atoms with Crippen molar-refractivity contribution in [2.75, 3.05) is 26.1 Å². The molecule has 7 heteroatoms. The molecule has 2 aromatic heterocycles. The highest BCUT2D eigenvalue weighted by atomic mass is 16.3. The van der Waals surface area contributed by atoms with E-state index < -0.39 is 0 Å². The van der Waals surface area contributed by atoms with E-state index in [9.17, 15) is 0 Å². The first kappa shape index (κ1) is 17.7. The van der Waals surface area contributed by atoms with E-state index >= 15 is 0 Å². The van der Waals surface area contributed by atoms with Gasteiger partial charge >= 0.3 is 0 Å². The lowest BCUT2D eigenvalue weighted by atomic mass is 9.86. The van der Waals surface area contributed by atoms with E-state index in [4.69, 9.17) is 15.2 Å². The van der Waals surface area contributed by atoms with Crippen LogP contribution in [-0.2, 0) is 6.54 Å². The molecule has 136 valence electrons. The number of anilines is 1. The van der Waals surface area contributed by atoms with Gasteiger partial charge < -0.3 is 20.8 Å². The summed E-state index contributed by atoms with van der Waals surface area (Å²) >= 11 is 0. The maximum absolute atomic E-state index is 6.05. The van der Waals surface area contributed by atoms with Crippen LogP contribution in [0.5, 0.6) is 0 Å². The molecular weight excluding hydrogens is 316 g/mol. The maximum Gasteiger partial charge on any atom is 0.154 e. The van der Waals surface area contributed by atoms with Gasteiger partial charge in [0.1, 0.15) is 11.5 Å². The molecule has 0 spiro atoms. The normalized spacial score (nSPS) is 21.1. The third-order valence-electron chi connectivity index (χ3n) is 4.76. The number of hydrogen-bond donors (Lipinski definition) is 3. The monoisotopic (exact) mass is 344 g/mol. The second kappa shape index (κ2) is 8.31. The third-order valence-corrected chi connectivity index (χ3v) is 4.76. The average molecular weight is 344 g/mol. The highest BCUT2D eigenvalue weighted by Crippen LogP contribution is 2.31. The fraction of sp³-hybridized carbons (Fsp3) is 0.556. The molecule has 0 unspecified atom stereocenters. The van der Waals surface area contributed by atoms with Gasteiger partial charge in [0.05, 0.1) is 18.5 Å². The fourth-order valence-corrected chi connectivity index (χ4v) is 3.43. The second-order valence-electron chi connectivity index (χ2n) is 6.65. The number of furan rings is 1. The smallest absolute Gasteiger partial charge is 0.154 e. The minimum atomic E-state index is 0.359. The Morgan fingerprint density at radius 2 is 2.20 bits per heavy atom. The summed E-state index contributed by atoms with van der Waals surface area (Å²) < 4.78 is 7.65. The van der Waals surface area contributed by atoms with Gasteiger partial charge in [0.2, 0.25) is 0 Å². The second-order valence-corrected chi connectivity index (χ2v) is 6.65. The number of nitrogens with zero attached hydrogens (tertiary/aromatic N) is 3. The molecular formula is C18H28N6O. The van der Waals surface area contributed by atoms with Gasteiger partial charge in [-0.25, -0.2) is 4.68 Å². The number of nitrogens with one attached hydrogen (secondary N) is 2. The Morgan fingerprint density at radius 3 is 2.84 bits per heavy atom. The van der Waals surface area contributed by atoms with Crippen molar-refractivity contribution in [1.82, 2.24) is 15.1 Å². The molecule has 3 rings (SSSR count). The SMILES string of the molecule is CN=Cc1c(-c2ccco2)nn(CC2CCC(N)CC2)c1NCNC. The van der Waals surface area contributed by atoms with E-state index in [-0.39, 0.29) is 0 Å². The minimum absolute atomic E-state index is 0.359. The van der Waals surface area contributed by atoms with Crippen LogP contribution >= 0.6 is 0 Å². The highest BCUT2D eigenvalue weighted by Gasteiger charge is 2.24. The van der Waals surface area contributed by atoms with E-state index in [1.807, 2.05) is 25.4 Å². The summed E-state index contributed by atoms with van der Waals surface area (Å²) in [5.74, 6) is 2.33. The Labute approximate surface area is 148 Å². The standard InChI is InChI=1S/C18H28N6O/c1-20-10-15-17(16-4-3-9-25-16)23-24(18(15)22-12-21-2)11-13-5-7-14(19)8-6-13/h3-4,9-10,13-14,21-22H,5-8,11-12,19H2,1-2H3. The summed E-state index contributed by atoms with van der Waals surface area (Å²) in [6.07, 6.45) is 8.01. The predicted octanol–water partition coefficient (Wildman–Crippen LogP) is 2.30. The van der Waals surface area contributed by atoms with Crippen LogP contribution in [0.4, 0.5) is 5.82 Å². The average Bonchev–Trinajstić information content (AvgIpc) is 3.24. The molecule has 0 aromatic carbocycles. The van der Waals surface area contributed by atoms with Gasteiger partial charge in [0.25, 0.3) is 0 Å². The van der Waals surface area contributed by atoms with Gasteiger partial charge in [0.15, 0.2) is 5.76 Å². The van der Waals surface area contributed by atoms with Gasteiger partial charge in [-0.2, -0.15) is 5.10 Å².